The van der Waals surface area contributed by atoms with Gasteiger partial charge in [-0.05, 0) is 79.5 Å². The number of rotatable bonds is 5. The number of carbonyl (C=O) groups excluding carboxylic acids is 1. The van der Waals surface area contributed by atoms with E-state index in [-0.39, 0.29) is 11.3 Å². The maximum Gasteiger partial charge on any atom is 0.258 e. The molecule has 0 bridgehead atoms. The Bertz CT molecular complexity index is 1250. The Morgan fingerprint density at radius 2 is 1.86 bits per heavy atom. The van der Waals surface area contributed by atoms with E-state index in [2.05, 4.69) is 28.1 Å². The first-order chi connectivity index (χ1) is 17.0. The van der Waals surface area contributed by atoms with Crippen LogP contribution in [0.2, 0.25) is 10.2 Å². The quantitative estimate of drug-likeness (QED) is 0.391. The summed E-state index contributed by atoms with van der Waals surface area (Å²) in [7, 11) is 1.68. The lowest BCUT2D eigenvalue weighted by molar-refractivity contribution is 0.0977. The van der Waals surface area contributed by atoms with Crippen molar-refractivity contribution >= 4 is 40.9 Å². The summed E-state index contributed by atoms with van der Waals surface area (Å²) >= 11 is 12.0. The fourth-order valence-corrected chi connectivity index (χ4v) is 5.45. The highest BCUT2D eigenvalue weighted by Crippen LogP contribution is 2.48. The largest absolute Gasteiger partial charge is 0.497 e. The van der Waals surface area contributed by atoms with Crippen LogP contribution >= 0.6 is 23.2 Å². The number of amides is 1. The molecule has 1 fully saturated rings. The van der Waals surface area contributed by atoms with E-state index in [4.69, 9.17) is 27.9 Å². The predicted octanol–water partition coefficient (Wildman–Crippen LogP) is 6.10. The van der Waals surface area contributed by atoms with Gasteiger partial charge in [-0.15, -0.1) is 0 Å². The van der Waals surface area contributed by atoms with Gasteiger partial charge in [-0.1, -0.05) is 47.5 Å². The van der Waals surface area contributed by atoms with Crippen molar-refractivity contribution in [3.05, 3.63) is 93.7 Å². The van der Waals surface area contributed by atoms with Gasteiger partial charge in [-0.3, -0.25) is 9.69 Å². The molecule has 2 aromatic carbocycles. The van der Waals surface area contributed by atoms with Crippen LogP contribution in [0.25, 0.3) is 6.08 Å². The van der Waals surface area contributed by atoms with Crippen LogP contribution < -0.4 is 9.64 Å². The van der Waals surface area contributed by atoms with E-state index in [1.165, 1.54) is 5.56 Å². The smallest absolute Gasteiger partial charge is 0.258 e. The predicted molar refractivity (Wildman–Crippen MR) is 142 cm³/mol. The molecule has 1 amide bonds. The van der Waals surface area contributed by atoms with Crippen molar-refractivity contribution in [3.8, 4) is 5.75 Å². The molecule has 0 saturated carbocycles. The maximum atomic E-state index is 13.5. The second kappa shape index (κ2) is 10.0. The highest BCUT2D eigenvalue weighted by Gasteiger charge is 2.46. The third-order valence-electron chi connectivity index (χ3n) is 7.10. The van der Waals surface area contributed by atoms with Gasteiger partial charge in [-0.25, -0.2) is 4.98 Å². The van der Waals surface area contributed by atoms with Crippen LogP contribution in [0.1, 0.15) is 34.3 Å². The Kier molecular flexibility index (Phi) is 6.83. The van der Waals surface area contributed by atoms with Gasteiger partial charge in [0.15, 0.2) is 0 Å². The van der Waals surface area contributed by atoms with Crippen molar-refractivity contribution in [2.45, 2.75) is 18.3 Å². The molecule has 0 N–H and O–H groups in total. The molecule has 3 heterocycles. The molecule has 2 aliphatic heterocycles. The molecule has 3 aromatic rings. The van der Waals surface area contributed by atoms with Gasteiger partial charge >= 0.3 is 0 Å². The standard InChI is InChI=1S/C28H27Cl2N3O2/c1-35-23-8-9-25-24(18-23)28(19-33(25)27(34)21-10-13-31-26(30)17-21)11-15-32(16-12-28)14-2-3-20-4-6-22(29)7-5-20/h2-10,13,17-18H,11-12,14-16,19H2,1H3. The topological polar surface area (TPSA) is 45.7 Å². The van der Waals surface area contributed by atoms with E-state index in [1.807, 2.05) is 41.3 Å². The molecule has 1 spiro atoms. The number of anilines is 1. The zero-order chi connectivity index (χ0) is 24.4. The Balaban J connectivity index is 1.33. The fourth-order valence-electron chi connectivity index (χ4n) is 5.15. The number of fused-ring (bicyclic) bond motifs is 2. The van der Waals surface area contributed by atoms with E-state index in [9.17, 15) is 4.79 Å². The molecular formula is C28H27Cl2N3O2. The van der Waals surface area contributed by atoms with Gasteiger partial charge in [0.05, 0.1) is 7.11 Å². The first-order valence-electron chi connectivity index (χ1n) is 11.7. The Labute approximate surface area is 215 Å². The minimum atomic E-state index is -0.0905. The lowest BCUT2D eigenvalue weighted by Crippen LogP contribution is -2.46. The van der Waals surface area contributed by atoms with E-state index in [0.29, 0.717) is 17.3 Å². The summed E-state index contributed by atoms with van der Waals surface area (Å²) in [5.74, 6) is 0.767. The number of carbonyl (C=O) groups is 1. The molecule has 2 aliphatic rings. The van der Waals surface area contributed by atoms with Crippen molar-refractivity contribution in [2.24, 2.45) is 0 Å². The average Bonchev–Trinajstić information content (AvgIpc) is 3.19. The van der Waals surface area contributed by atoms with E-state index in [0.717, 1.165) is 54.5 Å². The van der Waals surface area contributed by atoms with Crippen LogP contribution in [0.5, 0.6) is 5.75 Å². The third-order valence-corrected chi connectivity index (χ3v) is 7.56. The molecular weight excluding hydrogens is 481 g/mol. The van der Waals surface area contributed by atoms with Gasteiger partial charge in [0.2, 0.25) is 0 Å². The van der Waals surface area contributed by atoms with Gasteiger partial charge in [-0.2, -0.15) is 0 Å². The Morgan fingerprint density at radius 3 is 2.57 bits per heavy atom. The van der Waals surface area contributed by atoms with Crippen molar-refractivity contribution < 1.29 is 9.53 Å². The lowest BCUT2D eigenvalue weighted by atomic mass is 9.74. The van der Waals surface area contributed by atoms with E-state index in [1.54, 1.807) is 25.4 Å². The molecule has 180 valence electrons. The first kappa shape index (κ1) is 23.9. The second-order valence-electron chi connectivity index (χ2n) is 9.18. The minimum absolute atomic E-state index is 0.0501. The number of halogens is 2. The number of nitrogens with zero attached hydrogens (tertiary/aromatic N) is 3. The summed E-state index contributed by atoms with van der Waals surface area (Å²) in [6.45, 7) is 3.47. The highest BCUT2D eigenvalue weighted by molar-refractivity contribution is 6.30. The van der Waals surface area contributed by atoms with Gasteiger partial charge in [0.1, 0.15) is 10.9 Å². The van der Waals surface area contributed by atoms with Gasteiger partial charge in [0.25, 0.3) is 5.91 Å². The summed E-state index contributed by atoms with van der Waals surface area (Å²) in [6, 6.07) is 17.3. The molecule has 7 heteroatoms. The monoisotopic (exact) mass is 507 g/mol. The second-order valence-corrected chi connectivity index (χ2v) is 10.0. The molecule has 5 rings (SSSR count). The van der Waals surface area contributed by atoms with Crippen molar-refractivity contribution in [3.63, 3.8) is 0 Å². The van der Waals surface area contributed by atoms with Gasteiger partial charge in [0, 0.05) is 41.0 Å². The van der Waals surface area contributed by atoms with Crippen LogP contribution in [0.3, 0.4) is 0 Å². The first-order valence-corrected chi connectivity index (χ1v) is 12.5. The summed E-state index contributed by atoms with van der Waals surface area (Å²) in [5.41, 5.74) is 3.76. The minimum Gasteiger partial charge on any atom is -0.497 e. The normalized spacial score (nSPS) is 17.2. The summed E-state index contributed by atoms with van der Waals surface area (Å²) in [4.78, 5) is 21.9. The van der Waals surface area contributed by atoms with E-state index >= 15 is 0 Å². The average molecular weight is 508 g/mol. The van der Waals surface area contributed by atoms with Crippen molar-refractivity contribution in [2.75, 3.05) is 38.2 Å². The number of benzene rings is 2. The Hall–Kier alpha value is -2.86. The molecule has 1 aromatic heterocycles. The van der Waals surface area contributed by atoms with Gasteiger partial charge < -0.3 is 9.64 Å². The molecule has 1 saturated heterocycles. The van der Waals surface area contributed by atoms with Crippen LogP contribution in [0, 0.1) is 0 Å². The Morgan fingerprint density at radius 1 is 1.09 bits per heavy atom. The lowest BCUT2D eigenvalue weighted by Gasteiger charge is -2.39. The number of aromatic nitrogens is 1. The molecule has 0 atom stereocenters. The number of hydrogen-bond acceptors (Lipinski definition) is 4. The fraction of sp³-hybridized carbons (Fsp3) is 0.286. The van der Waals surface area contributed by atoms with Crippen molar-refractivity contribution in [1.29, 1.82) is 0 Å². The number of pyridine rings is 1. The summed E-state index contributed by atoms with van der Waals surface area (Å²) < 4.78 is 5.54. The maximum absolute atomic E-state index is 13.5. The molecule has 35 heavy (non-hydrogen) atoms. The van der Waals surface area contributed by atoms with Crippen LogP contribution in [-0.4, -0.2) is 49.1 Å². The number of ether oxygens (including phenoxy) is 1. The molecule has 0 radical (unpaired) electrons. The van der Waals surface area contributed by atoms with Crippen molar-refractivity contribution in [1.82, 2.24) is 9.88 Å². The molecule has 5 nitrogen and oxygen atoms in total. The number of methoxy groups -OCH3 is 1. The van der Waals surface area contributed by atoms with Crippen LogP contribution in [0.4, 0.5) is 5.69 Å². The van der Waals surface area contributed by atoms with Crippen LogP contribution in [0.15, 0.2) is 66.9 Å². The summed E-state index contributed by atoms with van der Waals surface area (Å²) in [6.07, 6.45) is 7.87. The third kappa shape index (κ3) is 4.94. The zero-order valence-corrected chi connectivity index (χ0v) is 21.1. The zero-order valence-electron chi connectivity index (χ0n) is 19.6. The summed E-state index contributed by atoms with van der Waals surface area (Å²) in [5, 5.41) is 1.07. The number of piperidine rings is 1. The molecule has 0 aliphatic carbocycles. The highest BCUT2D eigenvalue weighted by atomic mass is 35.5. The van der Waals surface area contributed by atoms with E-state index < -0.39 is 0 Å². The SMILES string of the molecule is COc1ccc2c(c1)C1(CCN(CC=Cc3ccc(Cl)cc3)CC1)CN2C(=O)c1ccnc(Cl)c1. The van der Waals surface area contributed by atoms with Crippen LogP contribution in [-0.2, 0) is 5.41 Å². The molecule has 0 unspecified atom stereocenters. The number of likely N-dealkylation sites (tertiary alicyclic amines) is 1. The number of hydrogen-bond donors (Lipinski definition) is 0.